The molecule has 10 nitrogen and oxygen atoms in total. The number of aliphatic hydroxyl groups excluding tert-OH is 2. The number of nitrogens with one attached hydrogen (secondary N) is 2. The number of carbonyl (C=O) groups is 2. The highest BCUT2D eigenvalue weighted by molar-refractivity contribution is 5.93. The molecule has 1 heterocycles. The first kappa shape index (κ1) is 39.6. The van der Waals surface area contributed by atoms with Gasteiger partial charge < -0.3 is 36.1 Å². The van der Waals surface area contributed by atoms with E-state index in [9.17, 15) is 19.8 Å². The van der Waals surface area contributed by atoms with Crippen LogP contribution in [0.3, 0.4) is 0 Å². The van der Waals surface area contributed by atoms with Gasteiger partial charge in [-0.15, -0.1) is 0 Å². The summed E-state index contributed by atoms with van der Waals surface area (Å²) in [5.41, 5.74) is 11.6. The minimum Gasteiger partial charge on any atom is -0.397 e. The Bertz CT molecular complexity index is 1720. The Balaban J connectivity index is 1.09. The summed E-state index contributed by atoms with van der Waals surface area (Å²) < 4.78 is 13.1. The lowest BCUT2D eigenvalue weighted by Crippen LogP contribution is -2.43. The number of nitrogens with two attached hydrogens (primary N) is 1. The number of hydrogen-bond acceptors (Lipinski definition) is 8. The molecule has 0 radical (unpaired) electrons. The molecule has 0 aromatic heterocycles. The Hall–Kier alpha value is -4.58. The Morgan fingerprint density at radius 1 is 0.811 bits per heavy atom. The molecule has 282 valence electrons. The number of hydrogen-bond donors (Lipinski definition) is 5. The van der Waals surface area contributed by atoms with Crippen LogP contribution in [-0.4, -0.2) is 52.7 Å². The highest BCUT2D eigenvalue weighted by Gasteiger charge is 2.34. The van der Waals surface area contributed by atoms with Crippen LogP contribution in [0.15, 0.2) is 103 Å². The second-order valence-electron chi connectivity index (χ2n) is 14.0. The van der Waals surface area contributed by atoms with Gasteiger partial charge >= 0.3 is 0 Å². The molecule has 4 aromatic rings. The Kier molecular flexibility index (Phi) is 15.0. The lowest BCUT2D eigenvalue weighted by atomic mass is 9.98. The fraction of sp³-hybridized carbons (Fsp3) is 0.395. The van der Waals surface area contributed by atoms with Crippen molar-refractivity contribution in [1.29, 1.82) is 0 Å². The molecular formula is C43H54N4O6. The number of unbranched alkanes of at least 4 members (excludes halogenated alkanes) is 3. The summed E-state index contributed by atoms with van der Waals surface area (Å²) in [6, 6.07) is 32.5. The summed E-state index contributed by atoms with van der Waals surface area (Å²) in [5, 5.41) is 26.5. The molecule has 0 spiro atoms. The maximum absolute atomic E-state index is 12.6. The van der Waals surface area contributed by atoms with Gasteiger partial charge in [-0.3, -0.25) is 14.5 Å². The van der Waals surface area contributed by atoms with Crippen molar-refractivity contribution in [2.24, 2.45) is 0 Å². The maximum atomic E-state index is 12.6. The summed E-state index contributed by atoms with van der Waals surface area (Å²) in [7, 11) is 2.00. The van der Waals surface area contributed by atoms with Crippen molar-refractivity contribution in [3.8, 4) is 0 Å². The van der Waals surface area contributed by atoms with Crippen LogP contribution >= 0.6 is 0 Å². The molecule has 1 saturated heterocycles. The summed E-state index contributed by atoms with van der Waals surface area (Å²) in [5.74, 6) is -0.0575. The van der Waals surface area contributed by atoms with Crippen molar-refractivity contribution in [3.05, 3.63) is 131 Å². The van der Waals surface area contributed by atoms with Crippen LogP contribution in [0.5, 0.6) is 0 Å². The third-order valence-electron chi connectivity index (χ3n) is 9.93. The van der Waals surface area contributed by atoms with Gasteiger partial charge in [-0.1, -0.05) is 104 Å². The molecular weight excluding hydrogens is 668 g/mol. The van der Waals surface area contributed by atoms with Crippen LogP contribution < -0.4 is 16.4 Å². The van der Waals surface area contributed by atoms with E-state index in [1.165, 1.54) is 0 Å². The van der Waals surface area contributed by atoms with Crippen molar-refractivity contribution >= 4 is 23.2 Å². The number of rotatable bonds is 18. The van der Waals surface area contributed by atoms with Gasteiger partial charge in [-0.05, 0) is 61.2 Å². The normalized spacial score (nSPS) is 18.3. The Labute approximate surface area is 313 Å². The molecule has 4 aromatic carbocycles. The second kappa shape index (κ2) is 20.0. The topological polar surface area (TPSA) is 146 Å². The van der Waals surface area contributed by atoms with Crippen molar-refractivity contribution in [3.63, 3.8) is 0 Å². The van der Waals surface area contributed by atoms with Crippen LogP contribution in [0.4, 0.5) is 11.4 Å². The molecule has 5 atom stereocenters. The first-order valence-corrected chi connectivity index (χ1v) is 18.6. The minimum atomic E-state index is -0.641. The molecule has 2 amide bonds. The molecule has 0 bridgehead atoms. The van der Waals surface area contributed by atoms with E-state index in [0.29, 0.717) is 43.7 Å². The van der Waals surface area contributed by atoms with Gasteiger partial charge in [-0.25, -0.2) is 0 Å². The van der Waals surface area contributed by atoms with Gasteiger partial charge in [0.2, 0.25) is 11.8 Å². The van der Waals surface area contributed by atoms with Crippen LogP contribution in [0, 0.1) is 0 Å². The lowest BCUT2D eigenvalue weighted by Gasteiger charge is -2.39. The third kappa shape index (κ3) is 12.0. The monoisotopic (exact) mass is 722 g/mol. The number of benzene rings is 4. The van der Waals surface area contributed by atoms with E-state index in [2.05, 4.69) is 15.5 Å². The average Bonchev–Trinajstić information content (AvgIpc) is 3.19. The van der Waals surface area contributed by atoms with Gasteiger partial charge in [0, 0.05) is 44.0 Å². The van der Waals surface area contributed by atoms with Crippen molar-refractivity contribution < 1.29 is 29.3 Å². The summed E-state index contributed by atoms with van der Waals surface area (Å²) in [6.45, 7) is 3.01. The Morgan fingerprint density at radius 3 is 2.11 bits per heavy atom. The maximum Gasteiger partial charge on any atom is 0.224 e. The molecule has 0 saturated carbocycles. The molecule has 1 aliphatic rings. The van der Waals surface area contributed by atoms with Crippen molar-refractivity contribution in [2.75, 3.05) is 24.6 Å². The molecule has 5 rings (SSSR count). The summed E-state index contributed by atoms with van der Waals surface area (Å²) in [4.78, 5) is 26.9. The molecule has 1 fully saturated rings. The van der Waals surface area contributed by atoms with Gasteiger partial charge in [0.15, 0.2) is 6.29 Å². The largest absolute Gasteiger partial charge is 0.397 e. The molecule has 10 heteroatoms. The van der Waals surface area contributed by atoms with E-state index in [4.69, 9.17) is 15.2 Å². The predicted octanol–water partition coefficient (Wildman–Crippen LogP) is 6.96. The number of amides is 2. The molecule has 1 aliphatic heterocycles. The van der Waals surface area contributed by atoms with Crippen LogP contribution in [0.25, 0.3) is 0 Å². The number of carbonyl (C=O) groups excluding carboxylic acids is 2. The number of anilines is 2. The fourth-order valence-electron chi connectivity index (χ4n) is 6.52. The second-order valence-corrected chi connectivity index (χ2v) is 14.0. The van der Waals surface area contributed by atoms with Crippen LogP contribution in [-0.2, 0) is 32.2 Å². The molecule has 53 heavy (non-hydrogen) atoms. The van der Waals surface area contributed by atoms with E-state index in [1.807, 2.05) is 105 Å². The van der Waals surface area contributed by atoms with Gasteiger partial charge in [0.25, 0.3) is 0 Å². The standard InChI is InChI=1S/C43H54N4O6/c1-30(42(51)34-12-6-5-7-13-34)47(2)28-36-26-39(33-22-20-32(29-48)21-23-33)53-43(52-36)35-24-18-31(19-25-35)27-45-40(49)16-8-3-4-9-17-41(50)46-38-15-11-10-14-37(38)44/h5-7,10-15,18-25,30,36,39,42-43,48,51H,3-4,8-9,16-17,26-29,44H2,1-2H3,(H,45,49)(H,46,50)/t30-,36-,39+,42-,43+/m0/s1. The summed E-state index contributed by atoms with van der Waals surface area (Å²) >= 11 is 0. The SMILES string of the molecule is C[C@@H]([C@H](O)c1ccccc1)N(C)C[C@@H]1C[C@H](c2ccc(CO)cc2)O[C@H](c2ccc(CNC(=O)CCCCCCC(=O)Nc3ccccc3N)cc2)O1. The number of nitrogens with zero attached hydrogens (tertiary/aromatic N) is 1. The van der Waals surface area contributed by atoms with Gasteiger partial charge in [0.1, 0.15) is 0 Å². The number of nitrogen functional groups attached to an aromatic ring is 1. The van der Waals surface area contributed by atoms with Crippen molar-refractivity contribution in [1.82, 2.24) is 10.2 Å². The molecule has 0 aliphatic carbocycles. The highest BCUT2D eigenvalue weighted by Crippen LogP contribution is 2.38. The van der Waals surface area contributed by atoms with E-state index in [-0.39, 0.29) is 36.7 Å². The van der Waals surface area contributed by atoms with E-state index in [1.54, 1.807) is 12.1 Å². The lowest BCUT2D eigenvalue weighted by molar-refractivity contribution is -0.253. The van der Waals surface area contributed by atoms with Crippen molar-refractivity contribution in [2.45, 2.75) is 95.7 Å². The Morgan fingerprint density at radius 2 is 1.43 bits per heavy atom. The average molecular weight is 723 g/mol. The first-order valence-electron chi connectivity index (χ1n) is 18.6. The summed E-state index contributed by atoms with van der Waals surface area (Å²) in [6.07, 6.45) is 3.12. The first-order chi connectivity index (χ1) is 25.7. The number of aliphatic hydroxyl groups is 2. The van der Waals surface area contributed by atoms with Gasteiger partial charge in [-0.2, -0.15) is 0 Å². The number of likely N-dealkylation sites (N-methyl/N-ethyl adjacent to an activating group) is 1. The smallest absolute Gasteiger partial charge is 0.224 e. The quantitative estimate of drug-likeness (QED) is 0.0548. The predicted molar refractivity (Wildman–Crippen MR) is 207 cm³/mol. The van der Waals surface area contributed by atoms with E-state index >= 15 is 0 Å². The van der Waals surface area contributed by atoms with Crippen LogP contribution in [0.1, 0.15) is 98.2 Å². The zero-order valence-electron chi connectivity index (χ0n) is 30.8. The minimum absolute atomic E-state index is 0.000972. The highest BCUT2D eigenvalue weighted by atomic mass is 16.7. The fourth-order valence-corrected chi connectivity index (χ4v) is 6.52. The third-order valence-corrected chi connectivity index (χ3v) is 9.93. The zero-order valence-corrected chi connectivity index (χ0v) is 30.8. The number of para-hydroxylation sites is 2. The molecule has 6 N–H and O–H groups in total. The number of ether oxygens (including phenoxy) is 2. The van der Waals surface area contributed by atoms with Crippen LogP contribution in [0.2, 0.25) is 0 Å². The van der Waals surface area contributed by atoms with E-state index in [0.717, 1.165) is 53.5 Å². The van der Waals surface area contributed by atoms with Gasteiger partial charge in [0.05, 0.1) is 36.3 Å². The molecule has 0 unspecified atom stereocenters. The van der Waals surface area contributed by atoms with E-state index < -0.39 is 12.4 Å². The zero-order chi connectivity index (χ0) is 37.6.